The van der Waals surface area contributed by atoms with E-state index < -0.39 is 0 Å². The zero-order valence-electron chi connectivity index (χ0n) is 16.2. The highest BCUT2D eigenvalue weighted by Crippen LogP contribution is 2.36. The van der Waals surface area contributed by atoms with Gasteiger partial charge in [0.15, 0.2) is 0 Å². The molecule has 0 atom stereocenters. The van der Waals surface area contributed by atoms with E-state index in [2.05, 4.69) is 45.1 Å². The highest BCUT2D eigenvalue weighted by atomic mass is 32.1. The summed E-state index contributed by atoms with van der Waals surface area (Å²) in [4.78, 5) is 20.7. The van der Waals surface area contributed by atoms with Gasteiger partial charge >= 0.3 is 0 Å². The third-order valence-electron chi connectivity index (χ3n) is 5.26. The number of benzene rings is 1. The number of nitrogen functional groups attached to an aromatic ring is 1. The van der Waals surface area contributed by atoms with E-state index >= 15 is 0 Å². The van der Waals surface area contributed by atoms with Crippen molar-refractivity contribution >= 4 is 38.9 Å². The number of piperazine rings is 1. The van der Waals surface area contributed by atoms with Crippen molar-refractivity contribution in [3.8, 4) is 10.4 Å². The van der Waals surface area contributed by atoms with Crippen LogP contribution in [0.3, 0.4) is 0 Å². The smallest absolute Gasteiger partial charge is 0.141 e. The molecule has 0 amide bonds. The molecule has 2 N–H and O–H groups in total. The molecule has 7 heteroatoms. The summed E-state index contributed by atoms with van der Waals surface area (Å²) in [5, 5.41) is 1.14. The lowest BCUT2D eigenvalue weighted by atomic mass is 10.2. The van der Waals surface area contributed by atoms with Gasteiger partial charge in [0.1, 0.15) is 22.3 Å². The lowest BCUT2D eigenvalue weighted by molar-refractivity contribution is 0.647. The Labute approximate surface area is 173 Å². The van der Waals surface area contributed by atoms with Gasteiger partial charge in [-0.15, -0.1) is 11.3 Å². The standard InChI is InChI=1S/C22H22N6S/c1-15-25-21(18-13-19(29-22(18)26-15)16-5-3-2-4-6-16)28-11-9-27(10-12-28)17-7-8-20(23)24-14-17/h2-8,13-14H,9-12H2,1H3,(H2,23,24). The number of hydrogen-bond donors (Lipinski definition) is 1. The van der Waals surface area contributed by atoms with Crippen LogP contribution in [0.5, 0.6) is 0 Å². The highest BCUT2D eigenvalue weighted by molar-refractivity contribution is 7.21. The lowest BCUT2D eigenvalue weighted by Crippen LogP contribution is -2.47. The molecule has 1 fully saturated rings. The topological polar surface area (TPSA) is 71.2 Å². The molecule has 0 unspecified atom stereocenters. The van der Waals surface area contributed by atoms with E-state index in [4.69, 9.17) is 15.7 Å². The Morgan fingerprint density at radius 1 is 0.931 bits per heavy atom. The normalized spacial score (nSPS) is 14.5. The van der Waals surface area contributed by atoms with Crippen LogP contribution in [0.1, 0.15) is 5.82 Å². The second-order valence-corrected chi connectivity index (χ2v) is 8.24. The Hall–Kier alpha value is -3.19. The van der Waals surface area contributed by atoms with Crippen molar-refractivity contribution in [3.63, 3.8) is 0 Å². The quantitative estimate of drug-likeness (QED) is 0.559. The number of pyridine rings is 1. The van der Waals surface area contributed by atoms with Crippen LogP contribution in [-0.2, 0) is 0 Å². The number of anilines is 3. The lowest BCUT2D eigenvalue weighted by Gasteiger charge is -2.36. The fourth-order valence-corrected chi connectivity index (χ4v) is 4.83. The van der Waals surface area contributed by atoms with Gasteiger partial charge in [0.2, 0.25) is 0 Å². The molecule has 146 valence electrons. The number of nitrogens with zero attached hydrogens (tertiary/aromatic N) is 5. The van der Waals surface area contributed by atoms with Crippen molar-refractivity contribution in [1.82, 2.24) is 15.0 Å². The van der Waals surface area contributed by atoms with Gasteiger partial charge in [-0.3, -0.25) is 0 Å². The van der Waals surface area contributed by atoms with E-state index in [1.54, 1.807) is 11.3 Å². The molecule has 3 aromatic heterocycles. The molecule has 4 heterocycles. The van der Waals surface area contributed by atoms with Gasteiger partial charge in [0, 0.05) is 31.1 Å². The predicted octanol–water partition coefficient (Wildman–Crippen LogP) is 3.97. The zero-order valence-corrected chi connectivity index (χ0v) is 17.1. The number of hydrogen-bond acceptors (Lipinski definition) is 7. The molecule has 1 aromatic carbocycles. The minimum atomic E-state index is 0.554. The summed E-state index contributed by atoms with van der Waals surface area (Å²) in [6.45, 7) is 5.64. The van der Waals surface area contributed by atoms with Gasteiger partial charge in [0.25, 0.3) is 0 Å². The summed E-state index contributed by atoms with van der Waals surface area (Å²) in [6, 6.07) is 16.6. The zero-order chi connectivity index (χ0) is 19.8. The Morgan fingerprint density at radius 3 is 2.41 bits per heavy atom. The van der Waals surface area contributed by atoms with Crippen LogP contribution in [0.2, 0.25) is 0 Å². The first kappa shape index (κ1) is 17.9. The van der Waals surface area contributed by atoms with E-state index in [0.29, 0.717) is 5.82 Å². The van der Waals surface area contributed by atoms with Crippen molar-refractivity contribution in [2.45, 2.75) is 6.92 Å². The summed E-state index contributed by atoms with van der Waals surface area (Å²) >= 11 is 1.73. The summed E-state index contributed by atoms with van der Waals surface area (Å²) in [5.41, 5.74) is 8.05. The first-order valence-corrected chi connectivity index (χ1v) is 10.5. The van der Waals surface area contributed by atoms with E-state index in [1.165, 1.54) is 10.4 Å². The SMILES string of the molecule is Cc1nc(N2CCN(c3ccc(N)nc3)CC2)c2cc(-c3ccccc3)sc2n1. The van der Waals surface area contributed by atoms with Crippen LogP contribution in [-0.4, -0.2) is 41.1 Å². The van der Waals surface area contributed by atoms with Gasteiger partial charge < -0.3 is 15.5 Å². The van der Waals surface area contributed by atoms with Crippen molar-refractivity contribution in [2.24, 2.45) is 0 Å². The maximum Gasteiger partial charge on any atom is 0.141 e. The highest BCUT2D eigenvalue weighted by Gasteiger charge is 2.22. The van der Waals surface area contributed by atoms with Crippen LogP contribution >= 0.6 is 11.3 Å². The molecule has 5 rings (SSSR count). The average Bonchev–Trinajstić information content (AvgIpc) is 3.18. The minimum Gasteiger partial charge on any atom is -0.384 e. The minimum absolute atomic E-state index is 0.554. The summed E-state index contributed by atoms with van der Waals surface area (Å²) in [6.07, 6.45) is 1.85. The third kappa shape index (κ3) is 3.49. The first-order chi connectivity index (χ1) is 14.2. The molecular formula is C22H22N6S. The van der Waals surface area contributed by atoms with Crippen LogP contribution in [0.25, 0.3) is 20.7 Å². The van der Waals surface area contributed by atoms with E-state index in [-0.39, 0.29) is 0 Å². The molecule has 0 saturated carbocycles. The Balaban J connectivity index is 1.43. The fourth-order valence-electron chi connectivity index (χ4n) is 3.76. The molecule has 1 saturated heterocycles. The molecule has 1 aliphatic rings. The largest absolute Gasteiger partial charge is 0.384 e. The second-order valence-electron chi connectivity index (χ2n) is 7.21. The number of fused-ring (bicyclic) bond motifs is 1. The fraction of sp³-hybridized carbons (Fsp3) is 0.227. The molecule has 0 radical (unpaired) electrons. The van der Waals surface area contributed by atoms with Crippen LogP contribution in [0.4, 0.5) is 17.3 Å². The molecule has 0 spiro atoms. The number of rotatable bonds is 3. The molecule has 0 bridgehead atoms. The van der Waals surface area contributed by atoms with E-state index in [9.17, 15) is 0 Å². The molecular weight excluding hydrogens is 380 g/mol. The van der Waals surface area contributed by atoms with Crippen molar-refractivity contribution in [2.75, 3.05) is 41.7 Å². The van der Waals surface area contributed by atoms with Crippen LogP contribution in [0.15, 0.2) is 54.7 Å². The number of nitrogens with two attached hydrogens (primary N) is 1. The Kier molecular flexibility index (Phi) is 4.52. The van der Waals surface area contributed by atoms with Crippen LogP contribution < -0.4 is 15.5 Å². The maximum absolute atomic E-state index is 5.71. The molecule has 6 nitrogen and oxygen atoms in total. The summed E-state index contributed by atoms with van der Waals surface area (Å²) in [5.74, 6) is 2.41. The summed E-state index contributed by atoms with van der Waals surface area (Å²) < 4.78 is 0. The summed E-state index contributed by atoms with van der Waals surface area (Å²) in [7, 11) is 0. The number of aromatic nitrogens is 3. The number of thiophene rings is 1. The monoisotopic (exact) mass is 402 g/mol. The average molecular weight is 403 g/mol. The van der Waals surface area contributed by atoms with Gasteiger partial charge in [-0.05, 0) is 30.7 Å². The van der Waals surface area contributed by atoms with Gasteiger partial charge in [-0.25, -0.2) is 15.0 Å². The van der Waals surface area contributed by atoms with Gasteiger partial charge in [-0.2, -0.15) is 0 Å². The first-order valence-electron chi connectivity index (χ1n) is 9.72. The van der Waals surface area contributed by atoms with Crippen LogP contribution in [0, 0.1) is 6.92 Å². The molecule has 4 aromatic rings. The van der Waals surface area contributed by atoms with Crippen molar-refractivity contribution in [3.05, 3.63) is 60.6 Å². The molecule has 1 aliphatic heterocycles. The van der Waals surface area contributed by atoms with Gasteiger partial charge in [-0.1, -0.05) is 30.3 Å². The Morgan fingerprint density at radius 2 is 1.69 bits per heavy atom. The molecule has 0 aliphatic carbocycles. The second kappa shape index (κ2) is 7.33. The third-order valence-corrected chi connectivity index (χ3v) is 6.34. The van der Waals surface area contributed by atoms with Crippen molar-refractivity contribution in [1.29, 1.82) is 0 Å². The Bertz CT molecular complexity index is 1130. The molecule has 29 heavy (non-hydrogen) atoms. The van der Waals surface area contributed by atoms with Crippen molar-refractivity contribution < 1.29 is 0 Å². The predicted molar refractivity (Wildman–Crippen MR) is 121 cm³/mol. The van der Waals surface area contributed by atoms with Gasteiger partial charge in [0.05, 0.1) is 17.3 Å². The van der Waals surface area contributed by atoms with E-state index in [0.717, 1.165) is 53.7 Å². The van der Waals surface area contributed by atoms with E-state index in [1.807, 2.05) is 31.3 Å². The number of aryl methyl sites for hydroxylation is 1. The maximum atomic E-state index is 5.71.